The first-order chi connectivity index (χ1) is 16.8. The molecule has 11 heteroatoms. The lowest BCUT2D eigenvalue weighted by Gasteiger charge is -2.26. The van der Waals surface area contributed by atoms with Crippen molar-refractivity contribution in [2.24, 2.45) is 7.05 Å². The number of carbonyl (C=O) groups excluding carboxylic acids is 1. The highest BCUT2D eigenvalue weighted by Crippen LogP contribution is 2.31. The number of carbonyl (C=O) groups is 1. The zero-order chi connectivity index (χ0) is 25.0. The van der Waals surface area contributed by atoms with Gasteiger partial charge in [0.1, 0.15) is 6.61 Å². The van der Waals surface area contributed by atoms with Crippen LogP contribution in [0.15, 0.2) is 48.0 Å². The van der Waals surface area contributed by atoms with Crippen molar-refractivity contribution in [3.05, 3.63) is 64.0 Å². The first-order valence-electron chi connectivity index (χ1n) is 11.2. The number of nitrogen functional groups attached to an aromatic ring is 1. The standard InChI is InChI=1S/C24H27Cl2N5O3S/c1-30-11-8-28-23(30)35-15-24(33)6-3-9-31(10-7-24)22(32)16-12-20(21(27)29-13-16)34-14-17-18(25)4-2-5-19(17)26/h2,4-5,8,11-13,33H,3,6-7,9-10,14-15H2,1H3,(H2,27,29). The molecule has 1 saturated heterocycles. The summed E-state index contributed by atoms with van der Waals surface area (Å²) >= 11 is 14.0. The minimum absolute atomic E-state index is 0.0897. The number of nitrogens with zero attached hydrogens (tertiary/aromatic N) is 4. The van der Waals surface area contributed by atoms with Gasteiger partial charge < -0.3 is 25.0 Å². The van der Waals surface area contributed by atoms with Crippen LogP contribution in [0.1, 0.15) is 35.2 Å². The number of pyridine rings is 1. The van der Waals surface area contributed by atoms with Gasteiger partial charge in [0.05, 0.1) is 11.2 Å². The zero-order valence-corrected chi connectivity index (χ0v) is 21.6. The Bertz CT molecular complexity index is 1190. The Labute approximate surface area is 218 Å². The number of anilines is 1. The van der Waals surface area contributed by atoms with Crippen LogP contribution >= 0.6 is 35.0 Å². The summed E-state index contributed by atoms with van der Waals surface area (Å²) in [6, 6.07) is 6.79. The molecule has 3 N–H and O–H groups in total. The summed E-state index contributed by atoms with van der Waals surface area (Å²) in [5.41, 5.74) is 6.11. The topological polar surface area (TPSA) is 106 Å². The molecule has 0 radical (unpaired) electrons. The van der Waals surface area contributed by atoms with Crippen LogP contribution in [0.2, 0.25) is 10.0 Å². The number of halogens is 2. The van der Waals surface area contributed by atoms with Crippen LogP contribution in [0.25, 0.3) is 0 Å². The molecule has 4 rings (SSSR count). The molecule has 8 nitrogen and oxygen atoms in total. The molecule has 0 saturated carbocycles. The van der Waals surface area contributed by atoms with Crippen LogP contribution in [0.3, 0.4) is 0 Å². The van der Waals surface area contributed by atoms with Gasteiger partial charge in [-0.2, -0.15) is 0 Å². The fourth-order valence-corrected chi connectivity index (χ4v) is 5.50. The van der Waals surface area contributed by atoms with Gasteiger partial charge >= 0.3 is 0 Å². The lowest BCUT2D eigenvalue weighted by Crippen LogP contribution is -2.36. The molecule has 0 spiro atoms. The summed E-state index contributed by atoms with van der Waals surface area (Å²) in [7, 11) is 1.93. The molecule has 1 aliphatic heterocycles. The Balaban J connectivity index is 1.40. The van der Waals surface area contributed by atoms with E-state index in [-0.39, 0.29) is 24.1 Å². The van der Waals surface area contributed by atoms with Gasteiger partial charge in [-0.05, 0) is 37.5 Å². The predicted molar refractivity (Wildman–Crippen MR) is 138 cm³/mol. The fourth-order valence-electron chi connectivity index (χ4n) is 3.91. The van der Waals surface area contributed by atoms with Gasteiger partial charge in [-0.25, -0.2) is 9.97 Å². The Morgan fingerprint density at radius 1 is 1.26 bits per heavy atom. The molecular weight excluding hydrogens is 509 g/mol. The second kappa shape index (κ2) is 11.1. The summed E-state index contributed by atoms with van der Waals surface area (Å²) in [4.78, 5) is 23.4. The van der Waals surface area contributed by atoms with E-state index in [1.165, 1.54) is 18.0 Å². The van der Waals surface area contributed by atoms with Crippen molar-refractivity contribution in [3.63, 3.8) is 0 Å². The van der Waals surface area contributed by atoms with E-state index >= 15 is 0 Å². The Kier molecular flexibility index (Phi) is 8.11. The number of aryl methyl sites for hydroxylation is 1. The lowest BCUT2D eigenvalue weighted by atomic mass is 9.97. The van der Waals surface area contributed by atoms with Gasteiger partial charge in [0.2, 0.25) is 0 Å². The van der Waals surface area contributed by atoms with E-state index in [9.17, 15) is 9.90 Å². The van der Waals surface area contributed by atoms with Crippen molar-refractivity contribution in [3.8, 4) is 5.75 Å². The average Bonchev–Trinajstić information content (AvgIpc) is 3.14. The summed E-state index contributed by atoms with van der Waals surface area (Å²) in [5, 5.41) is 13.0. The van der Waals surface area contributed by atoms with Crippen LogP contribution in [0.5, 0.6) is 5.75 Å². The molecule has 3 heterocycles. The van der Waals surface area contributed by atoms with Gasteiger partial charge in [-0.15, -0.1) is 0 Å². The highest BCUT2D eigenvalue weighted by molar-refractivity contribution is 7.99. The van der Waals surface area contributed by atoms with Crippen molar-refractivity contribution >= 4 is 46.7 Å². The number of hydrogen-bond acceptors (Lipinski definition) is 7. The highest BCUT2D eigenvalue weighted by Gasteiger charge is 2.32. The maximum atomic E-state index is 13.2. The number of benzene rings is 1. The largest absolute Gasteiger partial charge is 0.485 e. The van der Waals surface area contributed by atoms with E-state index in [2.05, 4.69) is 9.97 Å². The van der Waals surface area contributed by atoms with Crippen LogP contribution in [-0.2, 0) is 13.7 Å². The molecule has 1 unspecified atom stereocenters. The molecule has 1 aromatic carbocycles. The summed E-state index contributed by atoms with van der Waals surface area (Å²) in [6.45, 7) is 1.07. The van der Waals surface area contributed by atoms with Crippen molar-refractivity contribution in [2.45, 2.75) is 36.6 Å². The third kappa shape index (κ3) is 6.22. The first kappa shape index (κ1) is 25.6. The molecule has 0 aliphatic carbocycles. The van der Waals surface area contributed by atoms with Gasteiger partial charge in [0, 0.05) is 60.1 Å². The summed E-state index contributed by atoms with van der Waals surface area (Å²) < 4.78 is 7.74. The number of nitrogens with two attached hydrogens (primary N) is 1. The number of amides is 1. The van der Waals surface area contributed by atoms with Crippen molar-refractivity contribution in [2.75, 3.05) is 24.6 Å². The third-order valence-electron chi connectivity index (χ3n) is 6.01. The molecule has 2 aromatic heterocycles. The maximum Gasteiger partial charge on any atom is 0.255 e. The quantitative estimate of drug-likeness (QED) is 0.430. The van der Waals surface area contributed by atoms with Crippen molar-refractivity contribution < 1.29 is 14.6 Å². The predicted octanol–water partition coefficient (Wildman–Crippen LogP) is 4.43. The van der Waals surface area contributed by atoms with Crippen molar-refractivity contribution in [1.82, 2.24) is 19.4 Å². The molecule has 186 valence electrons. The van der Waals surface area contributed by atoms with Gasteiger partial charge in [0.25, 0.3) is 5.91 Å². The number of thioether (sulfide) groups is 1. The number of ether oxygens (including phenoxy) is 1. The van der Waals surface area contributed by atoms with Crippen molar-refractivity contribution in [1.29, 1.82) is 0 Å². The van der Waals surface area contributed by atoms with Crippen LogP contribution in [-0.4, -0.2) is 54.9 Å². The molecule has 1 amide bonds. The molecule has 1 aliphatic rings. The minimum atomic E-state index is -0.868. The number of hydrogen-bond donors (Lipinski definition) is 2. The minimum Gasteiger partial charge on any atom is -0.485 e. The average molecular weight is 536 g/mol. The van der Waals surface area contributed by atoms with Gasteiger partial charge in [-0.1, -0.05) is 41.0 Å². The molecular formula is C24H27Cl2N5O3S. The second-order valence-corrected chi connectivity index (χ2v) is 10.3. The lowest BCUT2D eigenvalue weighted by molar-refractivity contribution is 0.0482. The SMILES string of the molecule is Cn1ccnc1SCC1(O)CCCN(C(=O)c2cnc(N)c(OCc3c(Cl)cccc3Cl)c2)CC1. The molecule has 0 bridgehead atoms. The Morgan fingerprint density at radius 3 is 2.74 bits per heavy atom. The van der Waals surface area contributed by atoms with Crippen LogP contribution in [0.4, 0.5) is 5.82 Å². The van der Waals surface area contributed by atoms with E-state index in [1.807, 2.05) is 17.8 Å². The maximum absolute atomic E-state index is 13.2. The number of imidazole rings is 1. The Hall–Kier alpha value is -2.46. The highest BCUT2D eigenvalue weighted by atomic mass is 35.5. The summed E-state index contributed by atoms with van der Waals surface area (Å²) in [6.07, 6.45) is 6.85. The van der Waals surface area contributed by atoms with Crippen LogP contribution in [0, 0.1) is 0 Å². The number of rotatable bonds is 7. The number of likely N-dealkylation sites (tertiary alicyclic amines) is 1. The van der Waals surface area contributed by atoms with Crippen LogP contribution < -0.4 is 10.5 Å². The van der Waals surface area contributed by atoms with Gasteiger partial charge in [0.15, 0.2) is 16.7 Å². The molecule has 1 fully saturated rings. The fraction of sp³-hybridized carbons (Fsp3) is 0.375. The smallest absolute Gasteiger partial charge is 0.255 e. The number of aliphatic hydroxyl groups is 1. The van der Waals surface area contributed by atoms with E-state index in [0.717, 1.165) is 5.16 Å². The first-order valence-corrected chi connectivity index (χ1v) is 12.9. The van der Waals surface area contributed by atoms with Gasteiger partial charge in [-0.3, -0.25) is 4.79 Å². The molecule has 35 heavy (non-hydrogen) atoms. The Morgan fingerprint density at radius 2 is 2.03 bits per heavy atom. The molecule has 1 atom stereocenters. The number of aromatic nitrogens is 3. The summed E-state index contributed by atoms with van der Waals surface area (Å²) in [5.74, 6) is 0.788. The zero-order valence-electron chi connectivity index (χ0n) is 19.3. The third-order valence-corrected chi connectivity index (χ3v) is 8.06. The van der Waals surface area contributed by atoms with E-state index < -0.39 is 5.60 Å². The molecule has 3 aromatic rings. The normalized spacial score (nSPS) is 18.3. The van der Waals surface area contributed by atoms with E-state index in [0.29, 0.717) is 59.3 Å². The second-order valence-electron chi connectivity index (χ2n) is 8.58. The monoisotopic (exact) mass is 535 g/mol. The van der Waals surface area contributed by atoms with E-state index in [4.69, 9.17) is 33.7 Å². The van der Waals surface area contributed by atoms with E-state index in [1.54, 1.807) is 35.4 Å².